The average Bonchev–Trinajstić information content (AvgIpc) is 3.29. The molecule has 5 rings (SSSR count). The second-order valence-electron chi connectivity index (χ2n) is 8.55. The van der Waals surface area contributed by atoms with Crippen molar-refractivity contribution in [3.8, 4) is 17.0 Å². The number of methoxy groups -OCH3 is 1. The van der Waals surface area contributed by atoms with E-state index in [1.807, 2.05) is 66.5 Å². The summed E-state index contributed by atoms with van der Waals surface area (Å²) < 4.78 is 7.59. The zero-order valence-corrected chi connectivity index (χ0v) is 19.5. The zero-order valence-electron chi connectivity index (χ0n) is 19.5. The number of anilines is 2. The van der Waals surface area contributed by atoms with Gasteiger partial charge in [0.25, 0.3) is 0 Å². The van der Waals surface area contributed by atoms with Gasteiger partial charge in [0.15, 0.2) is 0 Å². The number of nitrogens with zero attached hydrogens (tertiary/aromatic N) is 3. The number of benzene rings is 2. The summed E-state index contributed by atoms with van der Waals surface area (Å²) in [7, 11) is 3.55. The van der Waals surface area contributed by atoms with Crippen LogP contribution >= 0.6 is 0 Å². The molecule has 2 N–H and O–H groups in total. The van der Waals surface area contributed by atoms with Gasteiger partial charge in [-0.05, 0) is 61.4 Å². The Morgan fingerprint density at radius 3 is 2.68 bits per heavy atom. The smallest absolute Gasteiger partial charge is 0.321 e. The third-order valence-corrected chi connectivity index (χ3v) is 6.42. The first-order valence-electron chi connectivity index (χ1n) is 11.6. The molecule has 2 amide bonds. The molecule has 1 aliphatic rings. The lowest BCUT2D eigenvalue weighted by molar-refractivity contribution is 0.191. The number of pyridine rings is 1. The van der Waals surface area contributed by atoms with E-state index in [-0.39, 0.29) is 11.9 Å². The number of imidazole rings is 1. The third-order valence-electron chi connectivity index (χ3n) is 6.42. The molecule has 1 aliphatic heterocycles. The number of rotatable bonds is 5. The van der Waals surface area contributed by atoms with Crippen molar-refractivity contribution in [2.75, 3.05) is 37.9 Å². The molecule has 1 saturated heterocycles. The van der Waals surface area contributed by atoms with Crippen LogP contribution in [0.2, 0.25) is 0 Å². The van der Waals surface area contributed by atoms with Crippen LogP contribution in [0.5, 0.6) is 5.75 Å². The number of likely N-dealkylation sites (tertiary alicyclic amines) is 1. The SMILES string of the molecule is CNc1ccc(NC(=O)N2CCC[C@@H](c3nc(-c4cccc(OC)c4)c4ccccn34)C2)cc1. The number of aromatic nitrogens is 2. The van der Waals surface area contributed by atoms with E-state index in [0.717, 1.165) is 59.1 Å². The largest absolute Gasteiger partial charge is 0.497 e. The average molecular weight is 456 g/mol. The van der Waals surface area contributed by atoms with Gasteiger partial charge in [-0.15, -0.1) is 0 Å². The van der Waals surface area contributed by atoms with Crippen molar-refractivity contribution in [3.63, 3.8) is 0 Å². The summed E-state index contributed by atoms with van der Waals surface area (Å²) >= 11 is 0. The second-order valence-corrected chi connectivity index (χ2v) is 8.55. The highest BCUT2D eigenvalue weighted by atomic mass is 16.5. The quantitative estimate of drug-likeness (QED) is 0.419. The molecule has 1 fully saturated rings. The molecule has 0 bridgehead atoms. The third kappa shape index (κ3) is 4.29. The molecule has 0 aliphatic carbocycles. The first kappa shape index (κ1) is 21.8. The van der Waals surface area contributed by atoms with Crippen LogP contribution < -0.4 is 15.4 Å². The molecule has 4 aromatic rings. The highest BCUT2D eigenvalue weighted by Crippen LogP contribution is 2.33. The molecule has 1 atom stereocenters. The zero-order chi connectivity index (χ0) is 23.5. The number of urea groups is 1. The molecule has 3 heterocycles. The molecule has 0 radical (unpaired) electrons. The van der Waals surface area contributed by atoms with E-state index in [1.165, 1.54) is 0 Å². The Balaban J connectivity index is 1.40. The highest BCUT2D eigenvalue weighted by Gasteiger charge is 2.28. The van der Waals surface area contributed by atoms with Gasteiger partial charge in [-0.2, -0.15) is 0 Å². The standard InChI is InChI=1S/C27H29N5O2/c1-28-21-11-13-22(14-12-21)29-27(33)31-15-6-8-20(18-31)26-30-25(24-10-3-4-16-32(24)26)19-7-5-9-23(17-19)34-2/h3-5,7,9-14,16-17,20,28H,6,8,15,18H2,1-2H3,(H,29,33)/t20-/m1/s1. The lowest BCUT2D eigenvalue weighted by atomic mass is 9.97. The van der Waals surface area contributed by atoms with Crippen LogP contribution in [0.15, 0.2) is 72.9 Å². The van der Waals surface area contributed by atoms with Crippen molar-refractivity contribution in [1.82, 2.24) is 14.3 Å². The Bertz CT molecular complexity index is 1300. The molecule has 0 spiro atoms. The van der Waals surface area contributed by atoms with Crippen molar-refractivity contribution in [2.45, 2.75) is 18.8 Å². The van der Waals surface area contributed by atoms with Crippen LogP contribution in [-0.2, 0) is 0 Å². The molecule has 34 heavy (non-hydrogen) atoms. The monoisotopic (exact) mass is 455 g/mol. The number of ether oxygens (including phenoxy) is 1. The summed E-state index contributed by atoms with van der Waals surface area (Å²) in [5, 5.41) is 6.12. The number of nitrogens with one attached hydrogen (secondary N) is 2. The fourth-order valence-electron chi connectivity index (χ4n) is 4.63. The van der Waals surface area contributed by atoms with Gasteiger partial charge >= 0.3 is 6.03 Å². The molecular formula is C27H29N5O2. The summed E-state index contributed by atoms with van der Waals surface area (Å²) in [6, 6.07) is 21.8. The summed E-state index contributed by atoms with van der Waals surface area (Å²) in [4.78, 5) is 20.0. The maximum absolute atomic E-state index is 13.0. The van der Waals surface area contributed by atoms with E-state index >= 15 is 0 Å². The number of hydrogen-bond acceptors (Lipinski definition) is 4. The Kier molecular flexibility index (Phi) is 6.08. The maximum Gasteiger partial charge on any atom is 0.321 e. The number of fused-ring (bicyclic) bond motifs is 1. The first-order chi connectivity index (χ1) is 16.7. The van der Waals surface area contributed by atoms with E-state index in [0.29, 0.717) is 6.54 Å². The molecule has 2 aromatic heterocycles. The number of carbonyl (C=O) groups is 1. The summed E-state index contributed by atoms with van der Waals surface area (Å²) in [5.74, 6) is 1.95. The molecule has 0 unspecified atom stereocenters. The summed E-state index contributed by atoms with van der Waals surface area (Å²) in [6.07, 6.45) is 3.99. The van der Waals surface area contributed by atoms with Gasteiger partial charge in [0, 0.05) is 49.2 Å². The second kappa shape index (κ2) is 9.47. The van der Waals surface area contributed by atoms with Gasteiger partial charge in [-0.3, -0.25) is 0 Å². The predicted molar refractivity (Wildman–Crippen MR) is 136 cm³/mol. The van der Waals surface area contributed by atoms with Crippen LogP contribution in [-0.4, -0.2) is 47.6 Å². The molecule has 7 nitrogen and oxygen atoms in total. The number of hydrogen-bond donors (Lipinski definition) is 2. The van der Waals surface area contributed by atoms with E-state index < -0.39 is 0 Å². The minimum absolute atomic E-state index is 0.0733. The van der Waals surface area contributed by atoms with E-state index in [1.54, 1.807) is 7.11 Å². The van der Waals surface area contributed by atoms with Gasteiger partial charge in [0.1, 0.15) is 11.6 Å². The van der Waals surface area contributed by atoms with E-state index in [4.69, 9.17) is 9.72 Å². The summed E-state index contributed by atoms with van der Waals surface area (Å²) in [5.41, 5.74) is 4.80. The maximum atomic E-state index is 13.0. The minimum Gasteiger partial charge on any atom is -0.497 e. The van der Waals surface area contributed by atoms with E-state index in [2.05, 4.69) is 33.4 Å². The van der Waals surface area contributed by atoms with Crippen molar-refractivity contribution in [2.24, 2.45) is 0 Å². The lowest BCUT2D eigenvalue weighted by Crippen LogP contribution is -2.42. The van der Waals surface area contributed by atoms with Crippen LogP contribution in [0.3, 0.4) is 0 Å². The van der Waals surface area contributed by atoms with Gasteiger partial charge in [-0.1, -0.05) is 18.2 Å². The number of carbonyl (C=O) groups excluding carboxylic acids is 1. The lowest BCUT2D eigenvalue weighted by Gasteiger charge is -2.32. The van der Waals surface area contributed by atoms with Crippen LogP contribution in [0, 0.1) is 0 Å². The minimum atomic E-state index is -0.0733. The fourth-order valence-corrected chi connectivity index (χ4v) is 4.63. The predicted octanol–water partition coefficient (Wildman–Crippen LogP) is 5.46. The molecule has 2 aromatic carbocycles. The van der Waals surface area contributed by atoms with Crippen LogP contribution in [0.1, 0.15) is 24.6 Å². The van der Waals surface area contributed by atoms with Gasteiger partial charge in [0.2, 0.25) is 0 Å². The van der Waals surface area contributed by atoms with Crippen molar-refractivity contribution in [3.05, 3.63) is 78.8 Å². The first-order valence-corrected chi connectivity index (χ1v) is 11.6. The Labute approximate surface area is 199 Å². The van der Waals surface area contributed by atoms with Crippen molar-refractivity contribution < 1.29 is 9.53 Å². The normalized spacial score (nSPS) is 15.8. The molecule has 0 saturated carbocycles. The Hall–Kier alpha value is -4.00. The van der Waals surface area contributed by atoms with Crippen LogP contribution in [0.25, 0.3) is 16.8 Å². The Morgan fingerprint density at radius 2 is 1.88 bits per heavy atom. The topological polar surface area (TPSA) is 70.9 Å². The number of piperidine rings is 1. The van der Waals surface area contributed by atoms with Crippen molar-refractivity contribution >= 4 is 22.9 Å². The highest BCUT2D eigenvalue weighted by molar-refractivity contribution is 5.89. The fraction of sp³-hybridized carbons (Fsp3) is 0.259. The van der Waals surface area contributed by atoms with E-state index in [9.17, 15) is 4.79 Å². The summed E-state index contributed by atoms with van der Waals surface area (Å²) in [6.45, 7) is 1.37. The molecule has 174 valence electrons. The molecule has 7 heteroatoms. The Morgan fingerprint density at radius 1 is 1.06 bits per heavy atom. The van der Waals surface area contributed by atoms with Crippen molar-refractivity contribution in [1.29, 1.82) is 0 Å². The number of amides is 2. The molecular weight excluding hydrogens is 426 g/mol. The van der Waals surface area contributed by atoms with Gasteiger partial charge < -0.3 is 24.7 Å². The van der Waals surface area contributed by atoms with Gasteiger partial charge in [0.05, 0.1) is 18.3 Å². The van der Waals surface area contributed by atoms with Crippen LogP contribution in [0.4, 0.5) is 16.2 Å². The van der Waals surface area contributed by atoms with Gasteiger partial charge in [-0.25, -0.2) is 9.78 Å².